The second-order valence-corrected chi connectivity index (χ2v) is 39.6. The van der Waals surface area contributed by atoms with Gasteiger partial charge >= 0.3 is 0 Å². The topological polar surface area (TPSA) is 476 Å². The maximum absolute atomic E-state index is 12.2. The number of nitrogens with two attached hydrogens (primary N) is 3. The van der Waals surface area contributed by atoms with E-state index in [1.54, 1.807) is 66.6 Å². The van der Waals surface area contributed by atoms with Gasteiger partial charge < -0.3 is 89.0 Å². The Morgan fingerprint density at radius 1 is 0.455 bits per heavy atom. The SMILES string of the molecule is C.C.C=S(C)(=O)N1CCN(Cc2cc3c(N4CCOCC4)nc(-c4cnc(N)nc4)nn3n2)CC1.COCCN(C)Cc1cc2c(N3CCOCC3)nc(-c3cnc(N)nc3)cn2n1.COc1cccc(-c2cn3cncc3c(N3CCOCC3)n2)c1.CS(=O)(=O)N1CCC(NCc2cc3c(N4CCOCC4)nc(-c4cnc(N)nc4)cn3n2)CC1.Cc1cccc(-c2cn3cncc3c(N3CCOCC3)n2)c1. The lowest BCUT2D eigenvalue weighted by atomic mass is 10.1. The van der Waals surface area contributed by atoms with Crippen LogP contribution < -0.4 is 51.8 Å². The van der Waals surface area contributed by atoms with Crippen molar-refractivity contribution in [3.63, 3.8) is 0 Å². The van der Waals surface area contributed by atoms with Gasteiger partial charge in [-0.2, -0.15) is 15.3 Å². The number of piperazine rings is 1. The Morgan fingerprint density at radius 2 is 0.874 bits per heavy atom. The van der Waals surface area contributed by atoms with E-state index < -0.39 is 19.7 Å². The van der Waals surface area contributed by atoms with Crippen LogP contribution in [0, 0.1) is 6.92 Å². The third kappa shape index (κ3) is 25.6. The Morgan fingerprint density at radius 3 is 1.32 bits per heavy atom. The van der Waals surface area contributed by atoms with Crippen LogP contribution >= 0.6 is 0 Å². The molecule has 0 bridgehead atoms. The van der Waals surface area contributed by atoms with E-state index in [0.717, 1.165) is 263 Å². The highest BCUT2D eigenvalue weighted by Gasteiger charge is 2.30. The summed E-state index contributed by atoms with van der Waals surface area (Å²) in [7, 11) is 0.153. The van der Waals surface area contributed by atoms with Crippen molar-refractivity contribution in [1.82, 2.24) is 131 Å². The van der Waals surface area contributed by atoms with Crippen LogP contribution in [0.15, 0.2) is 154 Å². The average molecular weight is 2000 g/mol. The zero-order chi connectivity index (χ0) is 97.5. The largest absolute Gasteiger partial charge is 0.497 e. The van der Waals surface area contributed by atoms with Gasteiger partial charge in [0.25, 0.3) is 0 Å². The fourth-order valence-electron chi connectivity index (χ4n) is 17.5. The van der Waals surface area contributed by atoms with Gasteiger partial charge in [0.05, 0.1) is 169 Å². The summed E-state index contributed by atoms with van der Waals surface area (Å²) in [5.41, 5.74) is 33.4. The van der Waals surface area contributed by atoms with E-state index in [9.17, 15) is 12.6 Å². The van der Waals surface area contributed by atoms with E-state index in [1.807, 2.05) is 97.9 Å². The first-order valence-corrected chi connectivity index (χ1v) is 50.9. The van der Waals surface area contributed by atoms with Crippen LogP contribution in [-0.2, 0) is 67.8 Å². The van der Waals surface area contributed by atoms with Crippen LogP contribution in [0.1, 0.15) is 50.3 Å². The van der Waals surface area contributed by atoms with Gasteiger partial charge in [0, 0.05) is 232 Å². The van der Waals surface area contributed by atoms with Crippen molar-refractivity contribution in [3.8, 4) is 62.2 Å². The van der Waals surface area contributed by atoms with Crippen LogP contribution in [0.25, 0.3) is 84.0 Å². The van der Waals surface area contributed by atoms with Crippen LogP contribution in [0.5, 0.6) is 5.75 Å². The smallest absolute Gasteiger partial charge is 0.219 e. The number of aromatic nitrogens is 22. The number of nitrogens with zero attached hydrogens (tertiary/aromatic N) is 31. The zero-order valence-corrected chi connectivity index (χ0v) is 81.7. The van der Waals surface area contributed by atoms with Crippen LogP contribution in [-0.4, -0.2) is 368 Å². The van der Waals surface area contributed by atoms with E-state index in [-0.39, 0.29) is 38.7 Å². The summed E-state index contributed by atoms with van der Waals surface area (Å²) < 4.78 is 86.6. The molecule has 143 heavy (non-hydrogen) atoms. The molecule has 7 aliphatic heterocycles. The number of hydrogen-bond acceptors (Lipinski definition) is 38. The molecule has 0 spiro atoms. The van der Waals surface area contributed by atoms with Gasteiger partial charge in [-0.25, -0.2) is 90.9 Å². The van der Waals surface area contributed by atoms with Crippen molar-refractivity contribution < 1.29 is 45.8 Å². The van der Waals surface area contributed by atoms with Crippen molar-refractivity contribution in [2.75, 3.05) is 259 Å². The Labute approximate surface area is 830 Å². The van der Waals surface area contributed by atoms with Crippen molar-refractivity contribution in [2.24, 2.45) is 0 Å². The van der Waals surface area contributed by atoms with E-state index >= 15 is 0 Å². The molecule has 22 rings (SSSR count). The quantitative estimate of drug-likeness (QED) is 0.0515. The summed E-state index contributed by atoms with van der Waals surface area (Å²) >= 11 is 0. The number of anilines is 8. The second kappa shape index (κ2) is 47.1. The predicted octanol–water partition coefficient (Wildman–Crippen LogP) is 6.24. The summed E-state index contributed by atoms with van der Waals surface area (Å²) in [5, 5.41) is 22.5. The van der Waals surface area contributed by atoms with Crippen molar-refractivity contribution in [3.05, 3.63) is 176 Å². The van der Waals surface area contributed by atoms with Gasteiger partial charge in [0.1, 0.15) is 33.3 Å². The number of benzene rings is 2. The Balaban J connectivity index is 0.000000129. The standard InChI is InChI=1S/C21H29N9O3S.C20H28N10O2S.C19H26N8O2.C17H18N4O2.C17H18N4O.2CH4/c1-34(31,32)29-4-2-16(3-5-29)23-13-17-10-19-20(28-6-8-33-9-7-28)26-18(14-30(19)27-17)15-11-24-21(22)25-12-15;1-33(2,31)29-5-3-27(4-6-29)14-16-11-17-19(28-7-9-32-10-8-28)24-18(26-30(17)25-16)15-12-22-20(21)23-13-15;1-25(3-6-28-2)12-15-9-17-18(26-4-7-29-8-5-26)23-16(13-27(17)24-15)14-10-21-19(20)22-11-14;1-22-14-4-2-3-13(9-14)15-11-21-12-18-10-16(21)17(19-15)20-5-7-23-8-6-20;1-13-3-2-4-14(9-13)15-11-21-12-18-10-16(21)17(19-15)20-5-7-22-8-6-20;;/h10-12,14,16,23H,2-9,13H2,1H3,(H2,22,24,25);11-13H,1,3-10,14H2,2H3,(H2,21,22,23);9-11,13H,3-8,12H2,1-2H3,(H2,20,21,22);2-4,9-12H,5-8H2,1H3;2-4,9-12H,5-8H2,1H3;2*1H4. The molecule has 15 aromatic rings. The van der Waals surface area contributed by atoms with Crippen LogP contribution in [0.3, 0.4) is 0 Å². The molecular formula is C96H127N35O10S2. The van der Waals surface area contributed by atoms with E-state index in [4.69, 9.17) is 90.6 Å². The fraction of sp³-hybridized carbons (Fsp3) is 0.438. The molecular weight excluding hydrogens is 1870 g/mol. The molecule has 7 aliphatic rings. The van der Waals surface area contributed by atoms with Gasteiger partial charge in [-0.3, -0.25) is 14.0 Å². The van der Waals surface area contributed by atoms with Gasteiger partial charge in [-0.1, -0.05) is 50.7 Å². The van der Waals surface area contributed by atoms with Crippen LogP contribution in [0.4, 0.5) is 46.9 Å². The number of fused-ring (bicyclic) bond motifs is 5. The number of rotatable bonds is 23. The summed E-state index contributed by atoms with van der Waals surface area (Å²) in [6.07, 6.45) is 29.6. The van der Waals surface area contributed by atoms with Gasteiger partial charge in [-0.05, 0) is 69.1 Å². The molecule has 7 N–H and O–H groups in total. The molecule has 0 amide bonds. The number of morpholine rings is 5. The number of nitrogens with one attached hydrogen (secondary N) is 1. The Bertz CT molecular complexity index is 6970. The summed E-state index contributed by atoms with van der Waals surface area (Å²) in [5.74, 6) is 10.2. The highest BCUT2D eigenvalue weighted by atomic mass is 32.2. The van der Waals surface area contributed by atoms with Gasteiger partial charge in [0.2, 0.25) is 27.9 Å². The molecule has 7 saturated heterocycles. The summed E-state index contributed by atoms with van der Waals surface area (Å²) in [6, 6.07) is 22.8. The summed E-state index contributed by atoms with van der Waals surface area (Å²) in [4.78, 5) is 73.2. The molecule has 45 nitrogen and oxygen atoms in total. The average Bonchev–Trinajstić information content (AvgIpc) is 1.59. The number of imidazole rings is 2. The number of methoxy groups -OCH3 is 2. The molecule has 0 aliphatic carbocycles. The van der Waals surface area contributed by atoms with Gasteiger partial charge in [0.15, 0.2) is 34.9 Å². The Kier molecular flexibility index (Phi) is 33.7. The van der Waals surface area contributed by atoms with Crippen molar-refractivity contribution in [1.29, 1.82) is 0 Å². The lowest BCUT2D eigenvalue weighted by molar-refractivity contribution is 0.122. The van der Waals surface area contributed by atoms with Crippen molar-refractivity contribution >= 4 is 100 Å². The first-order chi connectivity index (χ1) is 68.5. The lowest BCUT2D eigenvalue weighted by Gasteiger charge is -2.34. The first kappa shape index (κ1) is 102. The normalized spacial score (nSPS) is 16.9. The number of ether oxygens (including phenoxy) is 7. The highest BCUT2D eigenvalue weighted by molar-refractivity contribution is 7.97. The van der Waals surface area contributed by atoms with Crippen LogP contribution in [0.2, 0.25) is 0 Å². The van der Waals surface area contributed by atoms with Gasteiger partial charge in [-0.15, -0.1) is 9.73 Å². The molecule has 0 saturated carbocycles. The number of sulfonamides is 1. The molecule has 1 atom stereocenters. The molecule has 758 valence electrons. The molecule has 20 heterocycles. The third-order valence-corrected chi connectivity index (χ3v) is 27.8. The number of nitrogen functional groups attached to an aromatic ring is 3. The molecule has 7 fully saturated rings. The highest BCUT2D eigenvalue weighted by Crippen LogP contribution is 2.34. The molecule has 47 heteroatoms. The monoisotopic (exact) mass is 1990 g/mol. The third-order valence-electron chi connectivity index (χ3n) is 25.1. The number of aryl methyl sites for hydroxylation is 1. The van der Waals surface area contributed by atoms with Crippen molar-refractivity contribution in [2.45, 2.75) is 60.3 Å². The molecule has 0 radical (unpaired) electrons. The summed E-state index contributed by atoms with van der Waals surface area (Å²) in [6.45, 7) is 24.7. The minimum Gasteiger partial charge on any atom is -0.497 e. The minimum atomic E-state index is -3.13. The second-order valence-electron chi connectivity index (χ2n) is 35.2. The maximum Gasteiger partial charge on any atom is 0.219 e. The number of likely N-dealkylation sites (N-methyl/N-ethyl adjacent to an activating group) is 1. The lowest BCUT2D eigenvalue weighted by Crippen LogP contribution is -2.47. The minimum absolute atomic E-state index is 0. The van der Waals surface area contributed by atoms with E-state index in [1.165, 1.54) is 11.8 Å². The zero-order valence-electron chi connectivity index (χ0n) is 80.0. The first-order valence-electron chi connectivity index (χ1n) is 47.0. The molecule has 2 aromatic carbocycles. The van der Waals surface area contributed by atoms with E-state index in [0.29, 0.717) is 89.5 Å². The Hall–Kier alpha value is -13.6. The predicted molar refractivity (Wildman–Crippen MR) is 552 cm³/mol. The number of piperidine rings is 1. The number of hydrogen-bond donors (Lipinski definition) is 4. The maximum atomic E-state index is 12.2. The van der Waals surface area contributed by atoms with E-state index in [2.05, 4.69) is 145 Å². The molecule has 13 aromatic heterocycles. The fourth-order valence-corrected chi connectivity index (χ4v) is 19.3. The molecule has 1 unspecified atom stereocenters.